The van der Waals surface area contributed by atoms with Crippen molar-refractivity contribution in [2.75, 3.05) is 4.90 Å². The molecule has 0 saturated carbocycles. The summed E-state index contributed by atoms with van der Waals surface area (Å²) in [6.45, 7) is 0. The molecule has 2 nitrogen and oxygen atoms in total. The standard InChI is InChI=1S/C60H42N2/c1-5-18-43(19-6-1)44-32-36-49(37-33-44)61(51-40-41-52(45-20-7-2-8-21-45)56(42-51)47-24-11-4-12-25-47)50-38-34-48(35-39-50)60-53(46-22-9-3-10-23-46)28-17-31-59(60)62-57-29-15-13-26-54(57)55-27-14-16-30-58(55)62/h1-42H. The number of hydrogen-bond donors (Lipinski definition) is 0. The fourth-order valence-corrected chi connectivity index (χ4v) is 9.13. The predicted octanol–water partition coefficient (Wildman–Crippen LogP) is 16.6. The quantitative estimate of drug-likeness (QED) is 0.141. The van der Waals surface area contributed by atoms with Gasteiger partial charge in [-0.05, 0) is 105 Å². The molecule has 2 heteroatoms. The summed E-state index contributed by atoms with van der Waals surface area (Å²) in [4.78, 5) is 2.39. The van der Waals surface area contributed by atoms with Gasteiger partial charge in [0, 0.05) is 33.4 Å². The van der Waals surface area contributed by atoms with Crippen molar-refractivity contribution in [1.29, 1.82) is 0 Å². The molecule has 1 heterocycles. The molecule has 11 aromatic rings. The maximum Gasteiger partial charge on any atom is 0.0546 e. The van der Waals surface area contributed by atoms with Gasteiger partial charge in [-0.25, -0.2) is 0 Å². The molecule has 1 aromatic heterocycles. The van der Waals surface area contributed by atoms with Gasteiger partial charge in [0.05, 0.1) is 16.7 Å². The van der Waals surface area contributed by atoms with E-state index in [9.17, 15) is 0 Å². The van der Waals surface area contributed by atoms with Crippen molar-refractivity contribution >= 4 is 38.9 Å². The maximum absolute atomic E-state index is 2.44. The van der Waals surface area contributed by atoms with Crippen LogP contribution in [0.2, 0.25) is 0 Å². The number of rotatable bonds is 9. The monoisotopic (exact) mass is 790 g/mol. The van der Waals surface area contributed by atoms with E-state index in [1.807, 2.05) is 0 Å². The zero-order valence-electron chi connectivity index (χ0n) is 34.1. The Bertz CT molecular complexity index is 3240. The van der Waals surface area contributed by atoms with Gasteiger partial charge in [0.2, 0.25) is 0 Å². The molecular weight excluding hydrogens is 749 g/mol. The molecule has 292 valence electrons. The summed E-state index contributed by atoms with van der Waals surface area (Å²) in [5.41, 5.74) is 18.6. The first-order valence-electron chi connectivity index (χ1n) is 21.3. The molecule has 0 spiro atoms. The molecule has 0 aliphatic carbocycles. The van der Waals surface area contributed by atoms with Gasteiger partial charge in [-0.2, -0.15) is 0 Å². The third-order valence-corrected chi connectivity index (χ3v) is 12.0. The Labute approximate surface area is 362 Å². The van der Waals surface area contributed by atoms with Crippen LogP contribution in [0.3, 0.4) is 0 Å². The highest BCUT2D eigenvalue weighted by atomic mass is 15.1. The normalized spacial score (nSPS) is 11.2. The summed E-state index contributed by atoms with van der Waals surface area (Å²) in [6.07, 6.45) is 0. The number of nitrogens with zero attached hydrogens (tertiary/aromatic N) is 2. The van der Waals surface area contributed by atoms with Crippen molar-refractivity contribution in [1.82, 2.24) is 4.57 Å². The maximum atomic E-state index is 2.44. The fraction of sp³-hybridized carbons (Fsp3) is 0. The lowest BCUT2D eigenvalue weighted by Gasteiger charge is -2.27. The van der Waals surface area contributed by atoms with Gasteiger partial charge in [0.1, 0.15) is 0 Å². The van der Waals surface area contributed by atoms with Crippen LogP contribution < -0.4 is 4.90 Å². The van der Waals surface area contributed by atoms with Crippen LogP contribution in [0.5, 0.6) is 0 Å². The zero-order valence-corrected chi connectivity index (χ0v) is 34.1. The number of para-hydroxylation sites is 2. The first kappa shape index (κ1) is 36.8. The smallest absolute Gasteiger partial charge is 0.0546 e. The molecule has 0 radical (unpaired) electrons. The van der Waals surface area contributed by atoms with E-state index in [0.29, 0.717) is 0 Å². The molecule has 0 saturated heterocycles. The van der Waals surface area contributed by atoms with E-state index in [4.69, 9.17) is 0 Å². The van der Waals surface area contributed by atoms with Crippen molar-refractivity contribution in [3.8, 4) is 61.3 Å². The van der Waals surface area contributed by atoms with Crippen LogP contribution in [0.4, 0.5) is 17.1 Å². The molecule has 0 atom stereocenters. The van der Waals surface area contributed by atoms with E-state index >= 15 is 0 Å². The summed E-state index contributed by atoms with van der Waals surface area (Å²) < 4.78 is 2.44. The van der Waals surface area contributed by atoms with Gasteiger partial charge in [-0.3, -0.25) is 0 Å². The summed E-state index contributed by atoms with van der Waals surface area (Å²) >= 11 is 0. The molecule has 0 N–H and O–H groups in total. The zero-order chi connectivity index (χ0) is 41.2. The summed E-state index contributed by atoms with van der Waals surface area (Å²) in [6, 6.07) is 92.1. The number of benzene rings is 10. The van der Waals surface area contributed by atoms with Crippen molar-refractivity contribution in [3.05, 3.63) is 255 Å². The second kappa shape index (κ2) is 16.1. The van der Waals surface area contributed by atoms with Gasteiger partial charge in [-0.15, -0.1) is 0 Å². The Kier molecular flexibility index (Phi) is 9.57. The van der Waals surface area contributed by atoms with E-state index in [1.165, 1.54) is 71.9 Å². The Morgan fingerprint density at radius 2 is 0.677 bits per heavy atom. The highest BCUT2D eigenvalue weighted by Gasteiger charge is 2.21. The van der Waals surface area contributed by atoms with Gasteiger partial charge in [-0.1, -0.05) is 200 Å². The molecular formula is C60H42N2. The molecule has 0 bridgehead atoms. The first-order chi connectivity index (χ1) is 30.8. The summed E-state index contributed by atoms with van der Waals surface area (Å²) in [5.74, 6) is 0. The lowest BCUT2D eigenvalue weighted by Crippen LogP contribution is -2.10. The predicted molar refractivity (Wildman–Crippen MR) is 263 cm³/mol. The number of anilines is 3. The topological polar surface area (TPSA) is 8.17 Å². The van der Waals surface area contributed by atoms with Crippen LogP contribution >= 0.6 is 0 Å². The first-order valence-corrected chi connectivity index (χ1v) is 21.3. The largest absolute Gasteiger partial charge is 0.310 e. The van der Waals surface area contributed by atoms with Crippen molar-refractivity contribution in [3.63, 3.8) is 0 Å². The SMILES string of the molecule is c1ccc(-c2ccc(N(c3ccc(-c4c(-c5ccccc5)cccc4-n4c5ccccc5c5ccccc54)cc3)c3ccc(-c4ccccc4)c(-c4ccccc4)c3)cc2)cc1. The van der Waals surface area contributed by atoms with Gasteiger partial charge in [0.25, 0.3) is 0 Å². The van der Waals surface area contributed by atoms with Crippen LogP contribution in [0.1, 0.15) is 0 Å². The highest BCUT2D eigenvalue weighted by molar-refractivity contribution is 6.10. The molecule has 62 heavy (non-hydrogen) atoms. The Morgan fingerprint density at radius 3 is 1.23 bits per heavy atom. The van der Waals surface area contributed by atoms with E-state index in [1.54, 1.807) is 0 Å². The average Bonchev–Trinajstić information content (AvgIpc) is 3.69. The summed E-state index contributed by atoms with van der Waals surface area (Å²) in [5, 5.41) is 2.49. The van der Waals surface area contributed by atoms with Crippen LogP contribution in [-0.2, 0) is 0 Å². The Balaban J connectivity index is 1.10. The molecule has 0 amide bonds. The third kappa shape index (κ3) is 6.74. The molecule has 0 fully saturated rings. The molecule has 0 aliphatic rings. The second-order valence-electron chi connectivity index (χ2n) is 15.7. The van der Waals surface area contributed by atoms with Crippen LogP contribution in [0.25, 0.3) is 83.1 Å². The van der Waals surface area contributed by atoms with Crippen molar-refractivity contribution < 1.29 is 0 Å². The van der Waals surface area contributed by atoms with Gasteiger partial charge in [0.15, 0.2) is 0 Å². The van der Waals surface area contributed by atoms with Crippen LogP contribution in [-0.4, -0.2) is 4.57 Å². The summed E-state index contributed by atoms with van der Waals surface area (Å²) in [7, 11) is 0. The lowest BCUT2D eigenvalue weighted by atomic mass is 9.92. The fourth-order valence-electron chi connectivity index (χ4n) is 9.13. The third-order valence-electron chi connectivity index (χ3n) is 12.0. The van der Waals surface area contributed by atoms with E-state index < -0.39 is 0 Å². The molecule has 0 aliphatic heterocycles. The number of hydrogen-bond acceptors (Lipinski definition) is 1. The van der Waals surface area contributed by atoms with E-state index in [0.717, 1.165) is 28.3 Å². The van der Waals surface area contributed by atoms with E-state index in [2.05, 4.69) is 264 Å². The van der Waals surface area contributed by atoms with Gasteiger partial charge >= 0.3 is 0 Å². The minimum Gasteiger partial charge on any atom is -0.310 e. The van der Waals surface area contributed by atoms with Crippen molar-refractivity contribution in [2.24, 2.45) is 0 Å². The lowest BCUT2D eigenvalue weighted by molar-refractivity contribution is 1.18. The van der Waals surface area contributed by atoms with E-state index in [-0.39, 0.29) is 0 Å². The molecule has 0 unspecified atom stereocenters. The molecule has 10 aromatic carbocycles. The minimum absolute atomic E-state index is 1.07. The van der Waals surface area contributed by atoms with Crippen LogP contribution in [0, 0.1) is 0 Å². The molecule has 11 rings (SSSR count). The van der Waals surface area contributed by atoms with Crippen molar-refractivity contribution in [2.45, 2.75) is 0 Å². The number of fused-ring (bicyclic) bond motifs is 3. The highest BCUT2D eigenvalue weighted by Crippen LogP contribution is 2.44. The minimum atomic E-state index is 1.07. The number of aromatic nitrogens is 1. The average molecular weight is 791 g/mol. The van der Waals surface area contributed by atoms with Crippen LogP contribution in [0.15, 0.2) is 255 Å². The van der Waals surface area contributed by atoms with Gasteiger partial charge < -0.3 is 9.47 Å². The Morgan fingerprint density at radius 1 is 0.258 bits per heavy atom. The second-order valence-corrected chi connectivity index (χ2v) is 15.7. The Hall–Kier alpha value is -8.20.